The molecule has 7 aromatic rings. The highest BCUT2D eigenvalue weighted by Gasteiger charge is 2.84. The van der Waals surface area contributed by atoms with Crippen molar-refractivity contribution in [2.75, 3.05) is 4.90 Å². The summed E-state index contributed by atoms with van der Waals surface area (Å²) < 4.78 is 0. The lowest BCUT2D eigenvalue weighted by Gasteiger charge is -2.76. The van der Waals surface area contributed by atoms with E-state index in [-0.39, 0.29) is 16.2 Å². The molecular weight excluding hydrogens is 735 g/mol. The van der Waals surface area contributed by atoms with Gasteiger partial charge in [-0.25, -0.2) is 0 Å². The van der Waals surface area contributed by atoms with Gasteiger partial charge in [-0.2, -0.15) is 0 Å². The van der Waals surface area contributed by atoms with Crippen LogP contribution in [-0.2, 0) is 16.2 Å². The molecule has 6 aliphatic carbocycles. The van der Waals surface area contributed by atoms with Gasteiger partial charge in [0.25, 0.3) is 0 Å². The predicted molar refractivity (Wildman–Crippen MR) is 254 cm³/mol. The average molecular weight is 790 g/mol. The fraction of sp³-hybridized carbons (Fsp3) is 0.300. The number of benzene rings is 7. The van der Waals surface area contributed by atoms with Crippen molar-refractivity contribution in [2.24, 2.45) is 29.1 Å². The van der Waals surface area contributed by atoms with Crippen LogP contribution in [-0.4, -0.2) is 0 Å². The van der Waals surface area contributed by atoms with E-state index in [0.717, 1.165) is 35.0 Å². The molecule has 0 amide bonds. The molecule has 0 saturated heterocycles. The quantitative estimate of drug-likeness (QED) is 0.162. The van der Waals surface area contributed by atoms with Crippen LogP contribution in [0.1, 0.15) is 88.5 Å². The van der Waals surface area contributed by atoms with Crippen molar-refractivity contribution >= 4 is 17.1 Å². The molecule has 4 saturated carbocycles. The van der Waals surface area contributed by atoms with Crippen LogP contribution in [0.25, 0.3) is 44.5 Å². The molecule has 0 aromatic heterocycles. The lowest BCUT2D eigenvalue weighted by atomic mass is 9.27. The first-order chi connectivity index (χ1) is 29.7. The van der Waals surface area contributed by atoms with Gasteiger partial charge in [-0.3, -0.25) is 0 Å². The number of fused-ring (bicyclic) bond motifs is 9. The topological polar surface area (TPSA) is 3.24 Å². The summed E-state index contributed by atoms with van der Waals surface area (Å²) in [7, 11) is 0. The molecule has 4 fully saturated rings. The van der Waals surface area contributed by atoms with Crippen molar-refractivity contribution in [1.29, 1.82) is 0 Å². The van der Waals surface area contributed by atoms with E-state index in [1.54, 1.807) is 11.1 Å². The van der Waals surface area contributed by atoms with Crippen LogP contribution < -0.4 is 4.90 Å². The van der Waals surface area contributed by atoms with Gasteiger partial charge in [-0.1, -0.05) is 155 Å². The van der Waals surface area contributed by atoms with E-state index < -0.39 is 0 Å². The smallest absolute Gasteiger partial charge is 0.0540 e. The Balaban J connectivity index is 0.913. The lowest BCUT2D eigenvalue weighted by molar-refractivity contribution is -0.231. The summed E-state index contributed by atoms with van der Waals surface area (Å²) in [6.07, 6.45) is 8.30. The zero-order chi connectivity index (χ0) is 40.9. The Bertz CT molecular complexity index is 2900. The molecule has 0 heterocycles. The van der Waals surface area contributed by atoms with Crippen LogP contribution in [0, 0.1) is 29.1 Å². The molecule has 6 unspecified atom stereocenters. The second-order valence-corrected chi connectivity index (χ2v) is 21.2. The van der Waals surface area contributed by atoms with Gasteiger partial charge < -0.3 is 4.90 Å². The van der Waals surface area contributed by atoms with Crippen LogP contribution in [0.3, 0.4) is 0 Å². The van der Waals surface area contributed by atoms with Gasteiger partial charge in [-0.15, -0.1) is 0 Å². The van der Waals surface area contributed by atoms with Gasteiger partial charge in [-0.05, 0) is 176 Å². The van der Waals surface area contributed by atoms with Crippen LogP contribution >= 0.6 is 0 Å². The summed E-state index contributed by atoms with van der Waals surface area (Å²) in [5.74, 6) is 3.59. The Morgan fingerprint density at radius 2 is 0.984 bits per heavy atom. The molecule has 61 heavy (non-hydrogen) atoms. The first-order valence-electron chi connectivity index (χ1n) is 23.2. The maximum atomic E-state index is 2.63. The van der Waals surface area contributed by atoms with Gasteiger partial charge in [0, 0.05) is 22.4 Å². The number of para-hydroxylation sites is 1. The molecule has 2 spiro atoms. The Morgan fingerprint density at radius 3 is 1.72 bits per heavy atom. The van der Waals surface area contributed by atoms with Crippen molar-refractivity contribution in [1.82, 2.24) is 0 Å². The lowest BCUT2D eigenvalue weighted by Crippen LogP contribution is -2.73. The van der Waals surface area contributed by atoms with Crippen molar-refractivity contribution in [3.05, 3.63) is 186 Å². The van der Waals surface area contributed by atoms with Crippen LogP contribution in [0.4, 0.5) is 17.1 Å². The van der Waals surface area contributed by atoms with Gasteiger partial charge in [0.1, 0.15) is 0 Å². The van der Waals surface area contributed by atoms with Gasteiger partial charge in [0.05, 0.1) is 5.69 Å². The maximum absolute atomic E-state index is 2.63. The van der Waals surface area contributed by atoms with Crippen LogP contribution in [0.5, 0.6) is 0 Å². The molecule has 0 radical (unpaired) electrons. The molecule has 6 aliphatic rings. The number of hydrogen-bond acceptors (Lipinski definition) is 1. The van der Waals surface area contributed by atoms with E-state index in [0.29, 0.717) is 5.41 Å². The third-order valence-electron chi connectivity index (χ3n) is 17.6. The van der Waals surface area contributed by atoms with E-state index in [1.807, 2.05) is 0 Å². The summed E-state index contributed by atoms with van der Waals surface area (Å²) in [5, 5.41) is 0. The first-order valence-corrected chi connectivity index (χ1v) is 23.2. The van der Waals surface area contributed by atoms with E-state index in [2.05, 4.69) is 196 Å². The molecule has 2 bridgehead atoms. The van der Waals surface area contributed by atoms with Crippen molar-refractivity contribution in [3.63, 3.8) is 0 Å². The Labute approximate surface area is 362 Å². The van der Waals surface area contributed by atoms with Gasteiger partial charge in [0.2, 0.25) is 0 Å². The summed E-state index contributed by atoms with van der Waals surface area (Å²) in [6.45, 7) is 9.70. The van der Waals surface area contributed by atoms with Gasteiger partial charge >= 0.3 is 0 Å². The number of nitrogens with zero attached hydrogens (tertiary/aromatic N) is 1. The summed E-state index contributed by atoms with van der Waals surface area (Å²) in [5.41, 5.74) is 21.6. The Morgan fingerprint density at radius 1 is 0.426 bits per heavy atom. The molecule has 1 nitrogen and oxygen atoms in total. The highest BCUT2D eigenvalue weighted by molar-refractivity contribution is 5.90. The molecule has 0 aliphatic heterocycles. The van der Waals surface area contributed by atoms with E-state index in [4.69, 9.17) is 0 Å². The van der Waals surface area contributed by atoms with Crippen molar-refractivity contribution in [2.45, 2.75) is 82.5 Å². The largest absolute Gasteiger partial charge is 0.310 e. The zero-order valence-corrected chi connectivity index (χ0v) is 36.1. The monoisotopic (exact) mass is 789 g/mol. The first kappa shape index (κ1) is 36.0. The fourth-order valence-electron chi connectivity index (χ4n) is 14.8. The molecule has 7 aromatic carbocycles. The van der Waals surface area contributed by atoms with E-state index in [9.17, 15) is 0 Å². The summed E-state index contributed by atoms with van der Waals surface area (Å²) in [6, 6.07) is 62.7. The highest BCUT2D eigenvalue weighted by Crippen LogP contribution is 2.89. The maximum Gasteiger partial charge on any atom is 0.0540 e. The minimum absolute atomic E-state index is 0.135. The van der Waals surface area contributed by atoms with Crippen molar-refractivity contribution < 1.29 is 0 Å². The van der Waals surface area contributed by atoms with Crippen LogP contribution in [0.2, 0.25) is 0 Å². The fourth-order valence-corrected chi connectivity index (χ4v) is 14.8. The third-order valence-corrected chi connectivity index (χ3v) is 17.6. The standard InChI is InChI=1S/C60H55N/c1-57(2)30-31-58(3,4)53-35-43(23-29-51(53)57)47-14-9-11-17-54(47)61(45-24-18-40(19-25-45)39-12-6-5-7-13-39)46-26-20-41(21-27-46)42-22-28-49-48-15-8-10-16-50(48)60(52(49)34-42)55-33-38-32-44-36-56(60)59(44,55)37-38/h5-29,34-35,38,44,55-56H,30-33,36-37H2,1-4H3. The van der Waals surface area contributed by atoms with Crippen LogP contribution in [0.15, 0.2) is 164 Å². The average Bonchev–Trinajstić information content (AvgIpc) is 3.93. The number of hydrogen-bond donors (Lipinski definition) is 0. The minimum atomic E-state index is 0.135. The molecule has 0 N–H and O–H groups in total. The number of anilines is 3. The second kappa shape index (κ2) is 12.5. The van der Waals surface area contributed by atoms with Gasteiger partial charge in [0.15, 0.2) is 0 Å². The summed E-state index contributed by atoms with van der Waals surface area (Å²) >= 11 is 0. The van der Waals surface area contributed by atoms with E-state index >= 15 is 0 Å². The molecule has 13 rings (SSSR count). The highest BCUT2D eigenvalue weighted by atomic mass is 15.1. The van der Waals surface area contributed by atoms with Crippen molar-refractivity contribution in [3.8, 4) is 44.5 Å². The second-order valence-electron chi connectivity index (χ2n) is 21.2. The molecular formula is C60H55N. The predicted octanol–water partition coefficient (Wildman–Crippen LogP) is 15.8. The zero-order valence-electron chi connectivity index (χ0n) is 36.1. The Hall–Kier alpha value is -5.66. The third kappa shape index (κ3) is 4.79. The summed E-state index contributed by atoms with van der Waals surface area (Å²) in [4.78, 5) is 2.48. The molecule has 300 valence electrons. The minimum Gasteiger partial charge on any atom is -0.310 e. The Kier molecular flexibility index (Phi) is 7.37. The SMILES string of the molecule is CC1(C)CCC(C)(C)c2cc(-c3ccccc3N(c3ccc(-c4ccccc4)cc3)c3ccc(-c4ccc5c(c4)C4(c6ccccc6-5)C5CC6CC7CC4C75C6)cc3)ccc21. The number of rotatable bonds is 6. The normalized spacial score (nSPS) is 27.3. The molecule has 6 atom stereocenters. The molecule has 1 heteroatoms. The van der Waals surface area contributed by atoms with E-state index in [1.165, 1.54) is 99.8 Å².